The van der Waals surface area contributed by atoms with Gasteiger partial charge in [-0.3, -0.25) is 5.32 Å². The van der Waals surface area contributed by atoms with E-state index in [0.717, 1.165) is 0 Å². The zero-order chi connectivity index (χ0) is 23.5. The Labute approximate surface area is 188 Å². The average Bonchev–Trinajstić information content (AvgIpc) is 3.49. The Morgan fingerprint density at radius 2 is 1.67 bits per heavy atom. The van der Waals surface area contributed by atoms with Gasteiger partial charge in [-0.05, 0) is 24.3 Å². The lowest BCUT2D eigenvalue weighted by molar-refractivity contribution is 0.186. The van der Waals surface area contributed by atoms with E-state index in [-0.39, 0.29) is 5.95 Å². The number of anilines is 1. The van der Waals surface area contributed by atoms with Gasteiger partial charge < -0.3 is 33.1 Å². The number of nitrogens with one attached hydrogen (secondary N) is 2. The van der Waals surface area contributed by atoms with Crippen molar-refractivity contribution in [1.82, 2.24) is 15.0 Å². The molecule has 33 heavy (non-hydrogen) atoms. The monoisotopic (exact) mass is 454 g/mol. The number of hydrogen-bond acceptors (Lipinski definition) is 9. The number of imidazole rings is 1. The minimum atomic E-state index is -0.660. The predicted molar refractivity (Wildman–Crippen MR) is 119 cm³/mol. The van der Waals surface area contributed by atoms with Crippen molar-refractivity contribution in [1.29, 1.82) is 0 Å². The number of benzene rings is 2. The lowest BCUT2D eigenvalue weighted by Crippen LogP contribution is -2.11. The van der Waals surface area contributed by atoms with E-state index in [4.69, 9.17) is 23.4 Å². The summed E-state index contributed by atoms with van der Waals surface area (Å²) in [7, 11) is 7.42. The Morgan fingerprint density at radius 1 is 0.970 bits per heavy atom. The first kappa shape index (κ1) is 21.8. The number of amides is 1. The van der Waals surface area contributed by atoms with Crippen molar-refractivity contribution in [2.75, 3.05) is 40.9 Å². The van der Waals surface area contributed by atoms with Crippen LogP contribution in [0.4, 0.5) is 10.7 Å². The van der Waals surface area contributed by atoms with Crippen molar-refractivity contribution in [2.45, 2.75) is 0 Å². The number of aromatic nitrogens is 3. The van der Waals surface area contributed by atoms with Crippen LogP contribution in [0.5, 0.6) is 23.0 Å². The summed E-state index contributed by atoms with van der Waals surface area (Å²) < 4.78 is 32.2. The van der Waals surface area contributed by atoms with Crippen molar-refractivity contribution in [3.63, 3.8) is 0 Å². The van der Waals surface area contributed by atoms with Crippen LogP contribution in [0.3, 0.4) is 0 Å². The molecule has 2 N–H and O–H groups in total. The number of hydrogen-bond donors (Lipinski definition) is 2. The second-order valence-corrected chi connectivity index (χ2v) is 6.69. The van der Waals surface area contributed by atoms with Crippen LogP contribution in [-0.2, 0) is 4.74 Å². The topological polar surface area (TPSA) is 130 Å². The molecular weight excluding hydrogens is 432 g/mol. The number of rotatable bonds is 7. The van der Waals surface area contributed by atoms with Gasteiger partial charge in [0.05, 0.1) is 35.5 Å². The molecule has 2 aromatic carbocycles. The third kappa shape index (κ3) is 3.84. The molecule has 172 valence electrons. The fourth-order valence-electron chi connectivity index (χ4n) is 3.49. The van der Waals surface area contributed by atoms with E-state index in [2.05, 4.69) is 25.0 Å². The van der Waals surface area contributed by atoms with Crippen molar-refractivity contribution in [3.05, 3.63) is 30.7 Å². The molecule has 4 aromatic rings. The van der Waals surface area contributed by atoms with Gasteiger partial charge in [0.2, 0.25) is 11.7 Å². The van der Waals surface area contributed by atoms with E-state index in [0.29, 0.717) is 56.6 Å². The highest BCUT2D eigenvalue weighted by Gasteiger charge is 2.23. The zero-order valence-electron chi connectivity index (χ0n) is 18.6. The van der Waals surface area contributed by atoms with Crippen molar-refractivity contribution < 1.29 is 32.9 Å². The van der Waals surface area contributed by atoms with Crippen LogP contribution in [0.1, 0.15) is 0 Å². The van der Waals surface area contributed by atoms with Crippen molar-refractivity contribution in [2.24, 2.45) is 0 Å². The molecule has 1 amide bonds. The highest BCUT2D eigenvalue weighted by Crippen LogP contribution is 2.44. The van der Waals surface area contributed by atoms with Gasteiger partial charge >= 0.3 is 6.09 Å². The number of carbonyl (C=O) groups excluding carboxylic acids is 1. The SMILES string of the molecule is COC(=O)Nc1nc2c(-c3ocnc3-c3cc(OC)c(OC)c(OC)c3)ccc(OC)c2[nH]1. The number of methoxy groups -OCH3 is 5. The molecule has 0 aliphatic heterocycles. The Kier molecular flexibility index (Phi) is 5.94. The maximum absolute atomic E-state index is 11.7. The second-order valence-electron chi connectivity index (χ2n) is 6.69. The van der Waals surface area contributed by atoms with Crippen LogP contribution in [0.15, 0.2) is 35.1 Å². The summed E-state index contributed by atoms with van der Waals surface area (Å²) in [5.41, 5.74) is 2.91. The van der Waals surface area contributed by atoms with Gasteiger partial charge in [0, 0.05) is 11.1 Å². The summed E-state index contributed by atoms with van der Waals surface area (Å²) >= 11 is 0. The van der Waals surface area contributed by atoms with Crippen molar-refractivity contribution in [3.8, 4) is 45.6 Å². The Morgan fingerprint density at radius 3 is 2.27 bits per heavy atom. The van der Waals surface area contributed by atoms with E-state index in [1.54, 1.807) is 31.4 Å². The molecule has 0 aliphatic carbocycles. The normalized spacial score (nSPS) is 10.7. The van der Waals surface area contributed by atoms with Gasteiger partial charge in [0.15, 0.2) is 23.7 Å². The molecule has 0 fully saturated rings. The number of ether oxygens (including phenoxy) is 5. The minimum absolute atomic E-state index is 0.191. The number of H-pyrrole nitrogens is 1. The van der Waals surface area contributed by atoms with Gasteiger partial charge in [-0.15, -0.1) is 0 Å². The fourth-order valence-corrected chi connectivity index (χ4v) is 3.49. The van der Waals surface area contributed by atoms with Crippen LogP contribution in [0.2, 0.25) is 0 Å². The van der Waals surface area contributed by atoms with Crippen LogP contribution in [0, 0.1) is 0 Å². The highest BCUT2D eigenvalue weighted by atomic mass is 16.5. The molecule has 11 heteroatoms. The van der Waals surface area contributed by atoms with Gasteiger partial charge in [-0.1, -0.05) is 0 Å². The quantitative estimate of drug-likeness (QED) is 0.424. The molecule has 0 radical (unpaired) electrons. The molecule has 11 nitrogen and oxygen atoms in total. The van der Waals surface area contributed by atoms with Gasteiger partial charge in [-0.25, -0.2) is 14.8 Å². The number of nitrogens with zero attached hydrogens (tertiary/aromatic N) is 2. The van der Waals surface area contributed by atoms with E-state index < -0.39 is 6.09 Å². The number of carbonyl (C=O) groups is 1. The van der Waals surface area contributed by atoms with Crippen LogP contribution in [0.25, 0.3) is 33.6 Å². The lowest BCUT2D eigenvalue weighted by atomic mass is 10.0. The van der Waals surface area contributed by atoms with E-state index in [1.165, 1.54) is 34.8 Å². The van der Waals surface area contributed by atoms with E-state index in [1.807, 2.05) is 0 Å². The highest BCUT2D eigenvalue weighted by molar-refractivity contribution is 5.99. The van der Waals surface area contributed by atoms with E-state index >= 15 is 0 Å². The summed E-state index contributed by atoms with van der Waals surface area (Å²) in [6.45, 7) is 0. The summed E-state index contributed by atoms with van der Waals surface area (Å²) in [5.74, 6) is 2.60. The summed E-state index contributed by atoms with van der Waals surface area (Å²) in [5, 5.41) is 2.52. The maximum atomic E-state index is 11.7. The molecule has 0 spiro atoms. The number of oxazole rings is 1. The summed E-state index contributed by atoms with van der Waals surface area (Å²) in [6, 6.07) is 7.11. The third-order valence-electron chi connectivity index (χ3n) is 4.98. The molecule has 2 aromatic heterocycles. The Bertz CT molecular complexity index is 1290. The molecular formula is C22H22N4O7. The average molecular weight is 454 g/mol. The standard InChI is InChI=1S/C22H22N4O7/c1-28-13-7-6-12(17-18(13)25-21(24-17)26-22(27)32-5)19-16(23-10-33-19)11-8-14(29-2)20(31-4)15(9-11)30-3/h6-10H,1-5H3,(H2,24,25,26,27). The predicted octanol–water partition coefficient (Wildman–Crippen LogP) is 4.10. The number of aromatic amines is 1. The van der Waals surface area contributed by atoms with Crippen LogP contribution < -0.4 is 24.3 Å². The molecule has 0 atom stereocenters. The molecule has 0 aliphatic rings. The first-order chi connectivity index (χ1) is 16.0. The van der Waals surface area contributed by atoms with Gasteiger partial charge in [-0.2, -0.15) is 0 Å². The number of fused-ring (bicyclic) bond motifs is 1. The smallest absolute Gasteiger partial charge is 0.413 e. The van der Waals surface area contributed by atoms with Gasteiger partial charge in [0.1, 0.15) is 22.5 Å². The van der Waals surface area contributed by atoms with Crippen LogP contribution in [-0.4, -0.2) is 56.6 Å². The third-order valence-corrected chi connectivity index (χ3v) is 4.98. The molecule has 0 unspecified atom stereocenters. The Hall–Kier alpha value is -4.41. The molecule has 2 heterocycles. The first-order valence-corrected chi connectivity index (χ1v) is 9.70. The summed E-state index contributed by atoms with van der Waals surface area (Å²) in [6.07, 6.45) is 0.678. The fraction of sp³-hybridized carbons (Fsp3) is 0.227. The first-order valence-electron chi connectivity index (χ1n) is 9.70. The maximum Gasteiger partial charge on any atom is 0.413 e. The minimum Gasteiger partial charge on any atom is -0.494 e. The zero-order valence-corrected chi connectivity index (χ0v) is 18.6. The van der Waals surface area contributed by atoms with E-state index in [9.17, 15) is 4.79 Å². The second kappa shape index (κ2) is 8.99. The molecule has 0 bridgehead atoms. The Balaban J connectivity index is 1.89. The largest absolute Gasteiger partial charge is 0.494 e. The molecule has 4 rings (SSSR count). The van der Waals surface area contributed by atoms with Gasteiger partial charge in [0.25, 0.3) is 0 Å². The lowest BCUT2D eigenvalue weighted by Gasteiger charge is -2.14. The molecule has 0 saturated heterocycles. The molecule has 0 saturated carbocycles. The van der Waals surface area contributed by atoms with Crippen molar-refractivity contribution >= 4 is 23.1 Å². The summed E-state index contributed by atoms with van der Waals surface area (Å²) in [4.78, 5) is 23.6. The van der Waals surface area contributed by atoms with Crippen LogP contribution >= 0.6 is 0 Å².